The molecule has 0 unspecified atom stereocenters. The van der Waals surface area contributed by atoms with Gasteiger partial charge in [-0.15, -0.1) is 0 Å². The predicted octanol–water partition coefficient (Wildman–Crippen LogP) is 2.59. The fourth-order valence-electron chi connectivity index (χ4n) is 3.18. The number of pyridine rings is 1. The fraction of sp³-hybridized carbons (Fsp3) is 0.611. The lowest BCUT2D eigenvalue weighted by molar-refractivity contribution is 0.165. The van der Waals surface area contributed by atoms with Crippen molar-refractivity contribution in [1.82, 2.24) is 20.0 Å². The molecule has 2 aromatic heterocycles. The van der Waals surface area contributed by atoms with Gasteiger partial charge in [0.2, 0.25) is 0 Å². The Morgan fingerprint density at radius 2 is 2.24 bits per heavy atom. The predicted molar refractivity (Wildman–Crippen MR) is 96.4 cm³/mol. The van der Waals surface area contributed by atoms with Gasteiger partial charge in [-0.2, -0.15) is 4.98 Å². The van der Waals surface area contributed by atoms with Crippen molar-refractivity contribution in [3.8, 4) is 11.5 Å². The summed E-state index contributed by atoms with van der Waals surface area (Å²) in [5, 5.41) is 3.87. The summed E-state index contributed by atoms with van der Waals surface area (Å²) in [4.78, 5) is 13.6. The molecule has 7 heteroatoms. The highest BCUT2D eigenvalue weighted by molar-refractivity contribution is 5.54. The molecule has 1 saturated heterocycles. The lowest BCUT2D eigenvalue weighted by Crippen LogP contribution is -2.42. The average Bonchev–Trinajstić information content (AvgIpc) is 3.10. The summed E-state index contributed by atoms with van der Waals surface area (Å²) in [5.74, 6) is 1.95. The Bertz CT molecular complexity index is 658. The molecule has 3 heterocycles. The van der Waals surface area contributed by atoms with Gasteiger partial charge in [0.05, 0.1) is 5.56 Å². The van der Waals surface area contributed by atoms with Crippen LogP contribution in [0, 0.1) is 0 Å². The Morgan fingerprint density at radius 1 is 1.36 bits per heavy atom. The SMILES string of the molecule is COCc1noc(-c2ccc(N(C)CCN3CCCC[C@H]3C)nc2)n1. The van der Waals surface area contributed by atoms with Crippen LogP contribution in [0.5, 0.6) is 0 Å². The normalized spacial score (nSPS) is 18.4. The summed E-state index contributed by atoms with van der Waals surface area (Å²) in [6.45, 7) is 5.92. The van der Waals surface area contributed by atoms with E-state index in [2.05, 4.69) is 38.9 Å². The highest BCUT2D eigenvalue weighted by Crippen LogP contribution is 2.20. The van der Waals surface area contributed by atoms with E-state index in [9.17, 15) is 0 Å². The van der Waals surface area contributed by atoms with Crippen LogP contribution in [0.3, 0.4) is 0 Å². The minimum absolute atomic E-state index is 0.340. The van der Waals surface area contributed by atoms with Crippen LogP contribution >= 0.6 is 0 Å². The Kier molecular flexibility index (Phi) is 5.99. The molecule has 0 bridgehead atoms. The van der Waals surface area contributed by atoms with Gasteiger partial charge in [-0.25, -0.2) is 4.98 Å². The number of nitrogens with zero attached hydrogens (tertiary/aromatic N) is 5. The van der Waals surface area contributed by atoms with Crippen molar-refractivity contribution in [2.75, 3.05) is 38.7 Å². The van der Waals surface area contributed by atoms with Crippen LogP contribution in [0.15, 0.2) is 22.9 Å². The lowest BCUT2D eigenvalue weighted by Gasteiger charge is -2.34. The first kappa shape index (κ1) is 17.8. The second-order valence-corrected chi connectivity index (χ2v) is 6.66. The molecule has 1 atom stereocenters. The molecule has 3 rings (SSSR count). The molecule has 0 saturated carbocycles. The van der Waals surface area contributed by atoms with E-state index >= 15 is 0 Å². The number of hydrogen-bond acceptors (Lipinski definition) is 7. The van der Waals surface area contributed by atoms with Crippen molar-refractivity contribution in [2.45, 2.75) is 38.8 Å². The number of aromatic nitrogens is 3. The van der Waals surface area contributed by atoms with E-state index in [1.807, 2.05) is 12.1 Å². The van der Waals surface area contributed by atoms with Crippen LogP contribution in [-0.2, 0) is 11.3 Å². The summed E-state index contributed by atoms with van der Waals surface area (Å²) in [5.41, 5.74) is 0.816. The Balaban J connectivity index is 1.57. The summed E-state index contributed by atoms with van der Waals surface area (Å²) in [7, 11) is 3.69. The number of hydrogen-bond donors (Lipinski definition) is 0. The van der Waals surface area contributed by atoms with E-state index < -0.39 is 0 Å². The van der Waals surface area contributed by atoms with Crippen molar-refractivity contribution < 1.29 is 9.26 Å². The molecule has 1 fully saturated rings. The highest BCUT2D eigenvalue weighted by Gasteiger charge is 2.18. The zero-order chi connectivity index (χ0) is 17.6. The maximum absolute atomic E-state index is 5.24. The largest absolute Gasteiger partial charge is 0.377 e. The van der Waals surface area contributed by atoms with Gasteiger partial charge in [0.15, 0.2) is 5.82 Å². The fourth-order valence-corrected chi connectivity index (χ4v) is 3.18. The number of methoxy groups -OCH3 is 1. The Labute approximate surface area is 149 Å². The summed E-state index contributed by atoms with van der Waals surface area (Å²) >= 11 is 0. The van der Waals surface area contributed by atoms with E-state index in [1.54, 1.807) is 13.3 Å². The van der Waals surface area contributed by atoms with Crippen LogP contribution in [0.2, 0.25) is 0 Å². The van der Waals surface area contributed by atoms with Crippen LogP contribution in [0.1, 0.15) is 32.0 Å². The number of rotatable bonds is 7. The van der Waals surface area contributed by atoms with Gasteiger partial charge in [-0.3, -0.25) is 4.90 Å². The third-order valence-corrected chi connectivity index (χ3v) is 4.79. The molecule has 1 aliphatic rings. The quantitative estimate of drug-likeness (QED) is 0.764. The molecule has 0 radical (unpaired) electrons. The number of likely N-dealkylation sites (tertiary alicyclic amines) is 1. The first-order valence-electron chi connectivity index (χ1n) is 8.90. The zero-order valence-corrected chi connectivity index (χ0v) is 15.3. The maximum atomic E-state index is 5.24. The molecule has 0 amide bonds. The third kappa shape index (κ3) is 4.55. The Hall–Kier alpha value is -1.99. The number of likely N-dealkylation sites (N-methyl/N-ethyl adjacent to an activating group) is 1. The highest BCUT2D eigenvalue weighted by atomic mass is 16.5. The second kappa shape index (κ2) is 8.40. The summed E-state index contributed by atoms with van der Waals surface area (Å²) in [6.07, 6.45) is 5.76. The first-order valence-corrected chi connectivity index (χ1v) is 8.90. The lowest BCUT2D eigenvalue weighted by atomic mass is 10.0. The van der Waals surface area contributed by atoms with Crippen molar-refractivity contribution in [2.24, 2.45) is 0 Å². The van der Waals surface area contributed by atoms with Crippen molar-refractivity contribution in [3.63, 3.8) is 0 Å². The van der Waals surface area contributed by atoms with Gasteiger partial charge in [0.1, 0.15) is 12.4 Å². The molecular formula is C18H27N5O2. The van der Waals surface area contributed by atoms with Gasteiger partial charge in [0, 0.05) is 39.5 Å². The molecule has 136 valence electrons. The molecule has 0 N–H and O–H groups in total. The Morgan fingerprint density at radius 3 is 2.96 bits per heavy atom. The standard InChI is InChI=1S/C18H27N5O2/c1-14-6-4-5-9-23(14)11-10-22(2)17-8-7-15(12-19-17)18-20-16(13-24-3)21-25-18/h7-8,12,14H,4-6,9-11,13H2,1-3H3/t14-/m1/s1. The van der Waals surface area contributed by atoms with Gasteiger partial charge >= 0.3 is 0 Å². The van der Waals surface area contributed by atoms with Crippen molar-refractivity contribution >= 4 is 5.82 Å². The second-order valence-electron chi connectivity index (χ2n) is 6.66. The van der Waals surface area contributed by atoms with E-state index in [1.165, 1.54) is 25.8 Å². The molecule has 2 aromatic rings. The zero-order valence-electron chi connectivity index (χ0n) is 15.3. The summed E-state index contributed by atoms with van der Waals surface area (Å²) in [6, 6.07) is 4.65. The van der Waals surface area contributed by atoms with E-state index in [4.69, 9.17) is 9.26 Å². The molecule has 0 spiro atoms. The van der Waals surface area contributed by atoms with Crippen molar-refractivity contribution in [1.29, 1.82) is 0 Å². The number of piperidine rings is 1. The maximum Gasteiger partial charge on any atom is 0.259 e. The number of ether oxygens (including phenoxy) is 1. The number of anilines is 1. The monoisotopic (exact) mass is 345 g/mol. The molecule has 7 nitrogen and oxygen atoms in total. The van der Waals surface area contributed by atoms with Gasteiger partial charge in [-0.05, 0) is 38.4 Å². The van der Waals surface area contributed by atoms with E-state index in [0.29, 0.717) is 24.4 Å². The van der Waals surface area contributed by atoms with E-state index in [0.717, 1.165) is 24.5 Å². The first-order chi connectivity index (χ1) is 12.2. The van der Waals surface area contributed by atoms with Gasteiger partial charge < -0.3 is 14.2 Å². The average molecular weight is 345 g/mol. The minimum atomic E-state index is 0.340. The summed E-state index contributed by atoms with van der Waals surface area (Å²) < 4.78 is 10.2. The van der Waals surface area contributed by atoms with E-state index in [-0.39, 0.29) is 0 Å². The third-order valence-electron chi connectivity index (χ3n) is 4.79. The van der Waals surface area contributed by atoms with Crippen LogP contribution in [0.25, 0.3) is 11.5 Å². The molecule has 25 heavy (non-hydrogen) atoms. The van der Waals surface area contributed by atoms with Crippen molar-refractivity contribution in [3.05, 3.63) is 24.2 Å². The van der Waals surface area contributed by atoms with Crippen LogP contribution in [0.4, 0.5) is 5.82 Å². The smallest absolute Gasteiger partial charge is 0.259 e. The minimum Gasteiger partial charge on any atom is -0.377 e. The van der Waals surface area contributed by atoms with Gasteiger partial charge in [0.25, 0.3) is 5.89 Å². The van der Waals surface area contributed by atoms with Crippen LogP contribution in [-0.4, -0.2) is 59.9 Å². The molecular weight excluding hydrogens is 318 g/mol. The molecule has 0 aromatic carbocycles. The topological polar surface area (TPSA) is 67.5 Å². The van der Waals surface area contributed by atoms with Gasteiger partial charge in [-0.1, -0.05) is 11.6 Å². The van der Waals surface area contributed by atoms with Crippen LogP contribution < -0.4 is 4.90 Å². The molecule has 1 aliphatic heterocycles. The molecule has 0 aliphatic carbocycles.